The van der Waals surface area contributed by atoms with Crippen LogP contribution >= 0.6 is 0 Å². The zero-order chi connectivity index (χ0) is 22.7. The van der Waals surface area contributed by atoms with Gasteiger partial charge in [-0.2, -0.15) is 0 Å². The Labute approximate surface area is 180 Å². The van der Waals surface area contributed by atoms with Gasteiger partial charge >= 0.3 is 0 Å². The molecule has 3 rings (SSSR count). The topological polar surface area (TPSA) is 151 Å². The highest BCUT2D eigenvalue weighted by atomic mass is 16.5. The fraction of sp³-hybridized carbons (Fsp3) is 0.478. The first-order valence-electron chi connectivity index (χ1n) is 10.4. The van der Waals surface area contributed by atoms with Crippen LogP contribution in [-0.4, -0.2) is 66.8 Å². The molecule has 0 radical (unpaired) electrons. The van der Waals surface area contributed by atoms with Crippen molar-refractivity contribution in [3.8, 4) is 17.2 Å². The number of aliphatic hydroxyl groups excluding tert-OH is 4. The second-order valence-corrected chi connectivity index (χ2v) is 8.00. The molecule has 1 saturated heterocycles. The fourth-order valence-electron chi connectivity index (χ4n) is 3.90. The van der Waals surface area contributed by atoms with Crippen molar-refractivity contribution >= 4 is 0 Å². The number of aliphatic hydroxyl groups is 4. The Morgan fingerprint density at radius 1 is 0.871 bits per heavy atom. The highest BCUT2D eigenvalue weighted by Gasteiger charge is 2.46. The molecule has 1 aliphatic heterocycles. The molecule has 2 aromatic rings. The van der Waals surface area contributed by atoms with Crippen LogP contribution in [0.25, 0.3) is 0 Å². The van der Waals surface area contributed by atoms with Crippen LogP contribution in [0.15, 0.2) is 30.3 Å². The van der Waals surface area contributed by atoms with E-state index in [0.29, 0.717) is 0 Å². The number of aryl methyl sites for hydroxylation is 1. The summed E-state index contributed by atoms with van der Waals surface area (Å²) in [6, 6.07) is 8.78. The number of phenols is 3. The van der Waals surface area contributed by atoms with Crippen molar-refractivity contribution < 1.29 is 40.5 Å². The molecular formula is C23H30O8. The molecule has 0 unspecified atom stereocenters. The number of rotatable bonds is 7. The van der Waals surface area contributed by atoms with E-state index in [4.69, 9.17) is 4.74 Å². The number of hydrogen-bond donors (Lipinski definition) is 7. The van der Waals surface area contributed by atoms with Gasteiger partial charge < -0.3 is 40.5 Å². The summed E-state index contributed by atoms with van der Waals surface area (Å²) in [5.74, 6) is -1.37. The molecule has 5 atom stereocenters. The van der Waals surface area contributed by atoms with Gasteiger partial charge in [-0.15, -0.1) is 0 Å². The number of unbranched alkanes of at least 4 members (excludes halogenated alkanes) is 1. The van der Waals surface area contributed by atoms with Gasteiger partial charge in [0.2, 0.25) is 0 Å². The van der Waals surface area contributed by atoms with Gasteiger partial charge in [0.25, 0.3) is 0 Å². The van der Waals surface area contributed by atoms with E-state index in [-0.39, 0.29) is 23.3 Å². The zero-order valence-corrected chi connectivity index (χ0v) is 17.3. The molecule has 7 N–H and O–H groups in total. The van der Waals surface area contributed by atoms with E-state index in [2.05, 4.69) is 6.92 Å². The number of hydrogen-bond acceptors (Lipinski definition) is 8. The highest BCUT2D eigenvalue weighted by Crippen LogP contribution is 2.46. The Balaban J connectivity index is 1.93. The SMILES string of the molecule is CCCCc1ccc(Cc2c(O)cc(O)c([C@@H]3O[C@H](CO)[C@@H](O)[C@H](O)[C@H]3O)c2O)cc1. The van der Waals surface area contributed by atoms with Crippen LogP contribution in [0.1, 0.15) is 48.1 Å². The molecule has 1 aliphatic rings. The highest BCUT2D eigenvalue weighted by molar-refractivity contribution is 5.58. The minimum absolute atomic E-state index is 0.117. The van der Waals surface area contributed by atoms with Crippen molar-refractivity contribution in [2.75, 3.05) is 6.61 Å². The van der Waals surface area contributed by atoms with Crippen LogP contribution in [-0.2, 0) is 17.6 Å². The molecule has 2 aromatic carbocycles. The summed E-state index contributed by atoms with van der Waals surface area (Å²) in [6.07, 6.45) is -4.24. The molecule has 0 amide bonds. The van der Waals surface area contributed by atoms with E-state index in [1.807, 2.05) is 24.3 Å². The van der Waals surface area contributed by atoms with Gasteiger partial charge in [-0.3, -0.25) is 0 Å². The third-order valence-corrected chi connectivity index (χ3v) is 5.80. The maximum absolute atomic E-state index is 10.8. The van der Waals surface area contributed by atoms with Crippen LogP contribution in [0.4, 0.5) is 0 Å². The van der Waals surface area contributed by atoms with Gasteiger partial charge in [0.15, 0.2) is 0 Å². The minimum atomic E-state index is -1.68. The Hall–Kier alpha value is -2.36. The summed E-state index contributed by atoms with van der Waals surface area (Å²) >= 11 is 0. The standard InChI is InChI=1S/C23H30O8/c1-2-3-4-12-5-7-13(8-6-12)9-14-15(25)10-16(26)18(19(14)27)23-22(30)21(29)20(28)17(11-24)31-23/h5-8,10,17,20-30H,2-4,9,11H2,1H3/t17-,20-,21+,22-,23+/m1/s1. The molecule has 0 spiro atoms. The molecular weight excluding hydrogens is 404 g/mol. The van der Waals surface area contributed by atoms with Crippen molar-refractivity contribution in [1.29, 1.82) is 0 Å². The molecule has 0 aliphatic carbocycles. The lowest BCUT2D eigenvalue weighted by Gasteiger charge is -2.40. The predicted molar refractivity (Wildman–Crippen MR) is 112 cm³/mol. The van der Waals surface area contributed by atoms with E-state index >= 15 is 0 Å². The van der Waals surface area contributed by atoms with Crippen LogP contribution in [0.5, 0.6) is 17.2 Å². The summed E-state index contributed by atoms with van der Waals surface area (Å²) < 4.78 is 5.46. The Kier molecular flexibility index (Phi) is 7.40. The molecule has 0 aromatic heterocycles. The van der Waals surface area contributed by atoms with Crippen molar-refractivity contribution in [1.82, 2.24) is 0 Å². The monoisotopic (exact) mass is 434 g/mol. The van der Waals surface area contributed by atoms with Gasteiger partial charge in [-0.1, -0.05) is 37.6 Å². The van der Waals surface area contributed by atoms with Crippen molar-refractivity contribution in [2.45, 2.75) is 63.1 Å². The number of ether oxygens (including phenoxy) is 1. The largest absolute Gasteiger partial charge is 0.507 e. The van der Waals surface area contributed by atoms with E-state index in [1.54, 1.807) is 0 Å². The molecule has 0 saturated carbocycles. The lowest BCUT2D eigenvalue weighted by molar-refractivity contribution is -0.232. The Morgan fingerprint density at radius 2 is 1.52 bits per heavy atom. The van der Waals surface area contributed by atoms with E-state index in [0.717, 1.165) is 30.9 Å². The first-order chi connectivity index (χ1) is 14.8. The lowest BCUT2D eigenvalue weighted by Crippen LogP contribution is -2.55. The summed E-state index contributed by atoms with van der Waals surface area (Å²) in [4.78, 5) is 0. The molecule has 8 nitrogen and oxygen atoms in total. The van der Waals surface area contributed by atoms with E-state index < -0.39 is 48.6 Å². The van der Waals surface area contributed by atoms with E-state index in [1.165, 1.54) is 5.56 Å². The summed E-state index contributed by atoms with van der Waals surface area (Å²) in [5.41, 5.74) is 1.89. The van der Waals surface area contributed by atoms with Crippen LogP contribution < -0.4 is 0 Å². The number of aromatic hydroxyl groups is 3. The molecule has 170 valence electrons. The second-order valence-electron chi connectivity index (χ2n) is 8.00. The molecule has 0 bridgehead atoms. The molecule has 31 heavy (non-hydrogen) atoms. The Bertz CT molecular complexity index is 880. The van der Waals surface area contributed by atoms with Gasteiger partial charge in [-0.05, 0) is 24.0 Å². The van der Waals surface area contributed by atoms with Gasteiger partial charge in [0.05, 0.1) is 12.2 Å². The van der Waals surface area contributed by atoms with Crippen molar-refractivity contribution in [3.63, 3.8) is 0 Å². The van der Waals surface area contributed by atoms with Crippen LogP contribution in [0.3, 0.4) is 0 Å². The fourth-order valence-corrected chi connectivity index (χ4v) is 3.90. The molecule has 8 heteroatoms. The van der Waals surface area contributed by atoms with Crippen LogP contribution in [0.2, 0.25) is 0 Å². The molecule has 1 fully saturated rings. The van der Waals surface area contributed by atoms with Crippen molar-refractivity contribution in [2.24, 2.45) is 0 Å². The van der Waals surface area contributed by atoms with Crippen LogP contribution in [0, 0.1) is 0 Å². The average molecular weight is 434 g/mol. The Morgan fingerprint density at radius 3 is 2.13 bits per heavy atom. The summed E-state index contributed by atoms with van der Waals surface area (Å²) in [5, 5.41) is 71.3. The van der Waals surface area contributed by atoms with Gasteiger partial charge in [0, 0.05) is 18.1 Å². The van der Waals surface area contributed by atoms with Gasteiger partial charge in [0.1, 0.15) is 47.8 Å². The maximum Gasteiger partial charge on any atom is 0.132 e. The summed E-state index contributed by atoms with van der Waals surface area (Å²) in [6.45, 7) is 1.48. The maximum atomic E-state index is 10.8. The lowest BCUT2D eigenvalue weighted by atomic mass is 9.88. The predicted octanol–water partition coefficient (Wildman–Crippen LogP) is 1.25. The van der Waals surface area contributed by atoms with E-state index in [9.17, 15) is 35.7 Å². The number of benzene rings is 2. The first-order valence-corrected chi connectivity index (χ1v) is 10.4. The minimum Gasteiger partial charge on any atom is -0.507 e. The smallest absolute Gasteiger partial charge is 0.132 e. The second kappa shape index (κ2) is 9.84. The zero-order valence-electron chi connectivity index (χ0n) is 17.3. The third-order valence-electron chi connectivity index (χ3n) is 5.80. The number of phenolic OH excluding ortho intramolecular Hbond substituents is 3. The normalized spacial score (nSPS) is 26.2. The first kappa shape index (κ1) is 23.3. The molecule has 1 heterocycles. The van der Waals surface area contributed by atoms with Crippen molar-refractivity contribution in [3.05, 3.63) is 52.6 Å². The average Bonchev–Trinajstić information content (AvgIpc) is 2.75. The quantitative estimate of drug-likeness (QED) is 0.344. The third kappa shape index (κ3) is 4.78. The van der Waals surface area contributed by atoms with Gasteiger partial charge in [-0.25, -0.2) is 0 Å². The summed E-state index contributed by atoms with van der Waals surface area (Å²) in [7, 11) is 0.